The maximum Gasteiger partial charge on any atom is 0.236 e. The molecule has 0 aromatic carbocycles. The first-order valence-corrected chi connectivity index (χ1v) is 8.50. The highest BCUT2D eigenvalue weighted by molar-refractivity contribution is 7.13. The quantitative estimate of drug-likeness (QED) is 0.919. The topological polar surface area (TPSA) is 41.3 Å². The Morgan fingerprint density at radius 2 is 2.19 bits per heavy atom. The van der Waals surface area contributed by atoms with Gasteiger partial charge in [0.2, 0.25) is 5.89 Å². The second-order valence-electron chi connectivity index (χ2n) is 5.83. The van der Waals surface area contributed by atoms with Crippen molar-refractivity contribution < 1.29 is 4.42 Å². The van der Waals surface area contributed by atoms with Gasteiger partial charge in [-0.3, -0.25) is 4.90 Å². The second kappa shape index (κ2) is 6.73. The van der Waals surface area contributed by atoms with Gasteiger partial charge < -0.3 is 9.73 Å². The summed E-state index contributed by atoms with van der Waals surface area (Å²) in [5.74, 6) is 0.743. The lowest BCUT2D eigenvalue weighted by atomic mass is 9.90. The number of nitrogens with one attached hydrogen (secondary N) is 1. The summed E-state index contributed by atoms with van der Waals surface area (Å²) in [7, 11) is 4.26. The van der Waals surface area contributed by atoms with Crippen molar-refractivity contribution in [3.8, 4) is 10.8 Å². The molecule has 1 saturated carbocycles. The Balaban J connectivity index is 1.57. The molecule has 114 valence electrons. The minimum Gasteiger partial charge on any atom is -0.444 e. The van der Waals surface area contributed by atoms with Gasteiger partial charge >= 0.3 is 0 Å². The standard InChI is InChI=1S/C16H23N3OS/c1-17-12-5-7-14(8-6-12)19(2)10-13-11-20-16(18-13)15-4-3-9-21-15/h3-4,9,11-12,14,17H,5-8,10H2,1-2H3. The molecule has 4 nitrogen and oxygen atoms in total. The van der Waals surface area contributed by atoms with Crippen molar-refractivity contribution in [2.45, 2.75) is 44.3 Å². The van der Waals surface area contributed by atoms with Crippen molar-refractivity contribution in [3.63, 3.8) is 0 Å². The van der Waals surface area contributed by atoms with Gasteiger partial charge in [-0.2, -0.15) is 0 Å². The van der Waals surface area contributed by atoms with Crippen LogP contribution in [-0.4, -0.2) is 36.1 Å². The molecule has 2 aromatic heterocycles. The van der Waals surface area contributed by atoms with Crippen LogP contribution in [0.4, 0.5) is 0 Å². The molecule has 21 heavy (non-hydrogen) atoms. The predicted octanol–water partition coefficient (Wildman–Crippen LogP) is 3.37. The fourth-order valence-corrected chi connectivity index (χ4v) is 3.74. The molecular weight excluding hydrogens is 282 g/mol. The molecule has 0 amide bonds. The van der Waals surface area contributed by atoms with E-state index in [1.165, 1.54) is 25.7 Å². The molecule has 0 spiro atoms. The van der Waals surface area contributed by atoms with Crippen LogP contribution in [0.25, 0.3) is 10.8 Å². The van der Waals surface area contributed by atoms with Crippen LogP contribution in [0.1, 0.15) is 31.4 Å². The van der Waals surface area contributed by atoms with Gasteiger partial charge in [0.05, 0.1) is 10.6 Å². The summed E-state index contributed by atoms with van der Waals surface area (Å²) in [6, 6.07) is 5.43. The van der Waals surface area contributed by atoms with Crippen molar-refractivity contribution in [3.05, 3.63) is 29.5 Å². The minimum atomic E-state index is 0.663. The number of nitrogens with zero attached hydrogens (tertiary/aromatic N) is 2. The van der Waals surface area contributed by atoms with E-state index in [9.17, 15) is 0 Å². The lowest BCUT2D eigenvalue weighted by molar-refractivity contribution is 0.168. The van der Waals surface area contributed by atoms with E-state index in [1.54, 1.807) is 17.6 Å². The number of thiophene rings is 1. The monoisotopic (exact) mass is 305 g/mol. The maximum absolute atomic E-state index is 5.59. The fraction of sp³-hybridized carbons (Fsp3) is 0.562. The van der Waals surface area contributed by atoms with E-state index < -0.39 is 0 Å². The molecule has 0 radical (unpaired) electrons. The van der Waals surface area contributed by atoms with Crippen molar-refractivity contribution in [1.82, 2.24) is 15.2 Å². The number of aromatic nitrogens is 1. The van der Waals surface area contributed by atoms with Gasteiger partial charge in [-0.1, -0.05) is 6.07 Å². The van der Waals surface area contributed by atoms with Gasteiger partial charge in [0.25, 0.3) is 0 Å². The normalized spacial score (nSPS) is 22.8. The zero-order valence-electron chi connectivity index (χ0n) is 12.7. The average molecular weight is 305 g/mol. The Bertz CT molecular complexity index is 544. The van der Waals surface area contributed by atoms with Gasteiger partial charge in [0.1, 0.15) is 6.26 Å². The van der Waals surface area contributed by atoms with Crippen LogP contribution in [0.2, 0.25) is 0 Å². The van der Waals surface area contributed by atoms with Crippen molar-refractivity contribution >= 4 is 11.3 Å². The largest absolute Gasteiger partial charge is 0.444 e. The van der Waals surface area contributed by atoms with Gasteiger partial charge in [0, 0.05) is 18.6 Å². The third-order valence-corrected chi connectivity index (χ3v) is 5.28. The van der Waals surface area contributed by atoms with E-state index in [2.05, 4.69) is 29.3 Å². The summed E-state index contributed by atoms with van der Waals surface area (Å²) < 4.78 is 5.59. The summed E-state index contributed by atoms with van der Waals surface area (Å²) in [6.45, 7) is 0.865. The van der Waals surface area contributed by atoms with E-state index >= 15 is 0 Å². The van der Waals surface area contributed by atoms with Crippen molar-refractivity contribution in [1.29, 1.82) is 0 Å². The first-order chi connectivity index (χ1) is 10.3. The minimum absolute atomic E-state index is 0.663. The molecule has 3 rings (SSSR count). The maximum atomic E-state index is 5.59. The van der Waals surface area contributed by atoms with Crippen LogP contribution < -0.4 is 5.32 Å². The molecule has 0 bridgehead atoms. The Morgan fingerprint density at radius 3 is 2.86 bits per heavy atom. The van der Waals surface area contributed by atoms with Crippen molar-refractivity contribution in [2.75, 3.05) is 14.1 Å². The van der Waals surface area contributed by atoms with E-state index in [0.29, 0.717) is 12.1 Å². The molecule has 2 aromatic rings. The average Bonchev–Trinajstić information content (AvgIpc) is 3.18. The van der Waals surface area contributed by atoms with Crippen LogP contribution in [-0.2, 0) is 6.54 Å². The van der Waals surface area contributed by atoms with E-state index in [1.807, 2.05) is 17.5 Å². The third kappa shape index (κ3) is 3.54. The molecule has 2 heterocycles. The molecule has 1 N–H and O–H groups in total. The van der Waals surface area contributed by atoms with E-state index in [4.69, 9.17) is 4.42 Å². The number of hydrogen-bond donors (Lipinski definition) is 1. The molecule has 0 unspecified atom stereocenters. The van der Waals surface area contributed by atoms with Gasteiger partial charge in [-0.05, 0) is 51.2 Å². The van der Waals surface area contributed by atoms with Crippen LogP contribution in [0.3, 0.4) is 0 Å². The fourth-order valence-electron chi connectivity index (χ4n) is 3.08. The Morgan fingerprint density at radius 1 is 1.38 bits per heavy atom. The van der Waals surface area contributed by atoms with Crippen LogP contribution >= 0.6 is 11.3 Å². The van der Waals surface area contributed by atoms with Gasteiger partial charge in [0.15, 0.2) is 0 Å². The van der Waals surface area contributed by atoms with Crippen LogP contribution in [0, 0.1) is 0 Å². The predicted molar refractivity (Wildman–Crippen MR) is 86.4 cm³/mol. The SMILES string of the molecule is CNC1CCC(N(C)Cc2coc(-c3cccs3)n2)CC1. The highest BCUT2D eigenvalue weighted by Crippen LogP contribution is 2.26. The second-order valence-corrected chi connectivity index (χ2v) is 6.78. The van der Waals surface area contributed by atoms with Crippen LogP contribution in [0.15, 0.2) is 28.2 Å². The Labute approximate surface area is 130 Å². The molecule has 0 aliphatic heterocycles. The van der Waals surface area contributed by atoms with Crippen molar-refractivity contribution in [2.24, 2.45) is 0 Å². The highest BCUT2D eigenvalue weighted by atomic mass is 32.1. The lowest BCUT2D eigenvalue weighted by Crippen LogP contribution is -2.39. The van der Waals surface area contributed by atoms with Crippen LogP contribution in [0.5, 0.6) is 0 Å². The number of hydrogen-bond acceptors (Lipinski definition) is 5. The number of rotatable bonds is 5. The molecule has 5 heteroatoms. The molecule has 1 aliphatic rings. The summed E-state index contributed by atoms with van der Waals surface area (Å²) in [6.07, 6.45) is 6.86. The zero-order chi connectivity index (χ0) is 14.7. The zero-order valence-corrected chi connectivity index (χ0v) is 13.5. The third-order valence-electron chi connectivity index (χ3n) is 4.42. The smallest absolute Gasteiger partial charge is 0.236 e. The van der Waals surface area contributed by atoms with Gasteiger partial charge in [-0.25, -0.2) is 4.98 Å². The lowest BCUT2D eigenvalue weighted by Gasteiger charge is -2.34. The number of oxazole rings is 1. The molecule has 1 aliphatic carbocycles. The molecular formula is C16H23N3OS. The Kier molecular flexibility index (Phi) is 4.73. The summed E-state index contributed by atoms with van der Waals surface area (Å²) >= 11 is 1.66. The van der Waals surface area contributed by atoms with E-state index in [-0.39, 0.29) is 0 Å². The summed E-state index contributed by atoms with van der Waals surface area (Å²) in [5.41, 5.74) is 1.02. The molecule has 1 fully saturated rings. The summed E-state index contributed by atoms with van der Waals surface area (Å²) in [5, 5.41) is 5.43. The first-order valence-electron chi connectivity index (χ1n) is 7.62. The Hall–Kier alpha value is -1.17. The summed E-state index contributed by atoms with van der Waals surface area (Å²) in [4.78, 5) is 8.12. The van der Waals surface area contributed by atoms with Gasteiger partial charge in [-0.15, -0.1) is 11.3 Å². The molecule has 0 saturated heterocycles. The first kappa shape index (κ1) is 14.8. The molecule has 0 atom stereocenters. The highest BCUT2D eigenvalue weighted by Gasteiger charge is 2.23. The van der Waals surface area contributed by atoms with E-state index in [0.717, 1.165) is 23.0 Å².